The van der Waals surface area contributed by atoms with Crippen LogP contribution in [-0.2, 0) is 16.0 Å². The van der Waals surface area contributed by atoms with E-state index in [1.807, 2.05) is 0 Å². The number of aliphatic hydroxyl groups is 1. The predicted molar refractivity (Wildman–Crippen MR) is 128 cm³/mol. The SMILES string of the molecule is O=CO[C@H](CO)CCCc1c(Cl)cc(-c2ccc(C(=O)N3CCC(C(F)(F)F)CC3)cc2)cc1Cl. The second-order valence-electron chi connectivity index (χ2n) is 8.53. The average molecular weight is 532 g/mol. The molecule has 1 saturated heterocycles. The lowest BCUT2D eigenvalue weighted by atomic mass is 9.95. The third kappa shape index (κ3) is 7.12. The van der Waals surface area contributed by atoms with Gasteiger partial charge in [0.1, 0.15) is 6.10 Å². The first kappa shape index (κ1) is 27.3. The number of hydrogen-bond acceptors (Lipinski definition) is 4. The van der Waals surface area contributed by atoms with Gasteiger partial charge in [-0.05, 0) is 73.1 Å². The topological polar surface area (TPSA) is 66.8 Å². The molecule has 2 aromatic rings. The molecule has 1 atom stereocenters. The van der Waals surface area contributed by atoms with Gasteiger partial charge in [-0.15, -0.1) is 0 Å². The predicted octanol–water partition coefficient (Wildman–Crippen LogP) is 5.93. The first-order valence-corrected chi connectivity index (χ1v) is 12.0. The van der Waals surface area contributed by atoms with Gasteiger partial charge in [0.05, 0.1) is 12.5 Å². The molecule has 5 nitrogen and oxygen atoms in total. The first-order valence-electron chi connectivity index (χ1n) is 11.3. The molecule has 1 fully saturated rings. The number of rotatable bonds is 9. The lowest BCUT2D eigenvalue weighted by molar-refractivity contribution is -0.183. The van der Waals surface area contributed by atoms with Crippen LogP contribution in [0.1, 0.15) is 41.6 Å². The van der Waals surface area contributed by atoms with Crippen molar-refractivity contribution < 1.29 is 32.6 Å². The van der Waals surface area contributed by atoms with Crippen LogP contribution in [0.25, 0.3) is 11.1 Å². The minimum absolute atomic E-state index is 0.0811. The summed E-state index contributed by atoms with van der Waals surface area (Å²) in [5.74, 6) is -1.64. The Balaban J connectivity index is 1.64. The van der Waals surface area contributed by atoms with Gasteiger partial charge >= 0.3 is 6.18 Å². The van der Waals surface area contributed by atoms with Crippen LogP contribution in [0.3, 0.4) is 0 Å². The van der Waals surface area contributed by atoms with Crippen molar-refractivity contribution in [3.05, 3.63) is 57.6 Å². The summed E-state index contributed by atoms with van der Waals surface area (Å²) in [6.07, 6.45) is -3.34. The van der Waals surface area contributed by atoms with Gasteiger partial charge in [-0.2, -0.15) is 13.2 Å². The molecule has 0 aliphatic carbocycles. The van der Waals surface area contributed by atoms with Crippen molar-refractivity contribution in [1.82, 2.24) is 4.90 Å². The maximum absolute atomic E-state index is 12.9. The largest absolute Gasteiger partial charge is 0.462 e. The van der Waals surface area contributed by atoms with Crippen LogP contribution in [0.4, 0.5) is 13.2 Å². The monoisotopic (exact) mass is 531 g/mol. The Hall–Kier alpha value is -2.29. The van der Waals surface area contributed by atoms with E-state index in [4.69, 9.17) is 27.9 Å². The molecule has 0 unspecified atom stereocenters. The molecule has 0 aromatic heterocycles. The van der Waals surface area contributed by atoms with Gasteiger partial charge in [0.25, 0.3) is 12.4 Å². The van der Waals surface area contributed by atoms with Crippen molar-refractivity contribution in [1.29, 1.82) is 0 Å². The van der Waals surface area contributed by atoms with Crippen molar-refractivity contribution in [2.45, 2.75) is 44.4 Å². The molecule has 10 heteroatoms. The number of alkyl halides is 3. The lowest BCUT2D eigenvalue weighted by Gasteiger charge is -2.33. The number of halogens is 5. The molecular formula is C25H26Cl2F3NO4. The molecule has 190 valence electrons. The van der Waals surface area contributed by atoms with Crippen LogP contribution in [-0.4, -0.2) is 54.4 Å². The fourth-order valence-corrected chi connectivity index (χ4v) is 4.87. The van der Waals surface area contributed by atoms with Crippen LogP contribution in [0.2, 0.25) is 10.0 Å². The van der Waals surface area contributed by atoms with Gasteiger partial charge in [-0.25, -0.2) is 0 Å². The van der Waals surface area contributed by atoms with Gasteiger partial charge in [-0.1, -0.05) is 35.3 Å². The fourth-order valence-electron chi connectivity index (χ4n) is 4.19. The third-order valence-corrected chi connectivity index (χ3v) is 6.93. The molecule has 1 aliphatic rings. The molecule has 0 bridgehead atoms. The molecule has 0 radical (unpaired) electrons. The molecule has 0 saturated carbocycles. The highest BCUT2D eigenvalue weighted by atomic mass is 35.5. The standard InChI is InChI=1S/C25H26Cl2F3NO4/c26-22-12-18(13-23(27)21(22)3-1-2-20(14-32)35-15-33)16-4-6-17(7-5-16)24(34)31-10-8-19(9-11-31)25(28,29)30/h4-7,12-13,15,19-20,32H,1-3,8-11,14H2/t20-/m0/s1. The number of piperidine rings is 1. The molecule has 1 aliphatic heterocycles. The molecule has 1 N–H and O–H groups in total. The van der Waals surface area contributed by atoms with E-state index in [0.29, 0.717) is 41.3 Å². The Labute approximate surface area is 211 Å². The number of aliphatic hydroxyl groups excluding tert-OH is 1. The highest BCUT2D eigenvalue weighted by Crippen LogP contribution is 2.35. The van der Waals surface area contributed by atoms with E-state index in [0.717, 1.165) is 16.7 Å². The van der Waals surface area contributed by atoms with E-state index >= 15 is 0 Å². The number of ether oxygens (including phenoxy) is 1. The summed E-state index contributed by atoms with van der Waals surface area (Å²) in [5.41, 5.74) is 2.69. The lowest BCUT2D eigenvalue weighted by Crippen LogP contribution is -2.42. The Bertz CT molecular complexity index is 999. The quantitative estimate of drug-likeness (QED) is 0.407. The van der Waals surface area contributed by atoms with Crippen LogP contribution in [0.15, 0.2) is 36.4 Å². The summed E-state index contributed by atoms with van der Waals surface area (Å²) in [6.45, 7) is 0.212. The number of nitrogens with zero attached hydrogens (tertiary/aromatic N) is 1. The highest BCUT2D eigenvalue weighted by molar-refractivity contribution is 6.36. The highest BCUT2D eigenvalue weighted by Gasteiger charge is 2.41. The minimum atomic E-state index is -4.22. The van der Waals surface area contributed by atoms with Gasteiger partial charge in [0.15, 0.2) is 0 Å². The zero-order chi connectivity index (χ0) is 25.6. The van der Waals surface area contributed by atoms with E-state index < -0.39 is 18.2 Å². The van der Waals surface area contributed by atoms with Crippen molar-refractivity contribution in [3.8, 4) is 11.1 Å². The van der Waals surface area contributed by atoms with E-state index in [9.17, 15) is 27.9 Å². The number of benzene rings is 2. The Morgan fingerprint density at radius 2 is 1.71 bits per heavy atom. The normalized spacial score (nSPS) is 15.7. The van der Waals surface area contributed by atoms with Crippen molar-refractivity contribution in [2.24, 2.45) is 5.92 Å². The summed E-state index contributed by atoms with van der Waals surface area (Å²) >= 11 is 12.9. The Morgan fingerprint density at radius 1 is 1.11 bits per heavy atom. The Kier molecular flexibility index (Phi) is 9.44. The van der Waals surface area contributed by atoms with Crippen LogP contribution >= 0.6 is 23.2 Å². The maximum atomic E-state index is 12.9. The number of likely N-dealkylation sites (tertiary alicyclic amines) is 1. The van der Waals surface area contributed by atoms with E-state index in [1.165, 1.54) is 4.90 Å². The average Bonchev–Trinajstić information content (AvgIpc) is 2.84. The molecule has 35 heavy (non-hydrogen) atoms. The Morgan fingerprint density at radius 3 is 2.23 bits per heavy atom. The summed E-state index contributed by atoms with van der Waals surface area (Å²) in [6, 6.07) is 10.3. The second-order valence-corrected chi connectivity index (χ2v) is 9.35. The van der Waals surface area contributed by atoms with Crippen molar-refractivity contribution >= 4 is 35.6 Å². The summed E-state index contributed by atoms with van der Waals surface area (Å²) in [4.78, 5) is 24.6. The van der Waals surface area contributed by atoms with Gasteiger partial charge < -0.3 is 14.7 Å². The van der Waals surface area contributed by atoms with Crippen molar-refractivity contribution in [3.63, 3.8) is 0 Å². The van der Waals surface area contributed by atoms with Crippen LogP contribution < -0.4 is 0 Å². The van der Waals surface area contributed by atoms with Gasteiger partial charge in [-0.3, -0.25) is 9.59 Å². The molecule has 2 aromatic carbocycles. The van der Waals surface area contributed by atoms with E-state index in [1.54, 1.807) is 36.4 Å². The summed E-state index contributed by atoms with van der Waals surface area (Å²) in [5, 5.41) is 10.1. The van der Waals surface area contributed by atoms with Gasteiger partial charge in [0.2, 0.25) is 0 Å². The summed E-state index contributed by atoms with van der Waals surface area (Å²) < 4.78 is 43.4. The van der Waals surface area contributed by atoms with E-state index in [2.05, 4.69) is 0 Å². The molecule has 0 spiro atoms. The number of carbonyl (C=O) groups excluding carboxylic acids is 2. The van der Waals surface area contributed by atoms with Gasteiger partial charge in [0, 0.05) is 28.7 Å². The molecule has 1 amide bonds. The first-order chi connectivity index (χ1) is 16.6. The van der Waals surface area contributed by atoms with Crippen molar-refractivity contribution in [2.75, 3.05) is 19.7 Å². The maximum Gasteiger partial charge on any atom is 0.391 e. The third-order valence-electron chi connectivity index (χ3n) is 6.26. The smallest absolute Gasteiger partial charge is 0.391 e. The number of carbonyl (C=O) groups is 2. The number of amides is 1. The minimum Gasteiger partial charge on any atom is -0.462 e. The number of hydrogen-bond donors (Lipinski definition) is 1. The zero-order valence-corrected chi connectivity index (χ0v) is 20.4. The zero-order valence-electron chi connectivity index (χ0n) is 18.9. The molecular weight excluding hydrogens is 506 g/mol. The summed E-state index contributed by atoms with van der Waals surface area (Å²) in [7, 11) is 0. The van der Waals surface area contributed by atoms with Crippen LogP contribution in [0.5, 0.6) is 0 Å². The van der Waals surface area contributed by atoms with E-state index in [-0.39, 0.29) is 38.4 Å². The fraction of sp³-hybridized carbons (Fsp3) is 0.440. The second kappa shape index (κ2) is 12.1. The van der Waals surface area contributed by atoms with Crippen LogP contribution in [0, 0.1) is 5.92 Å². The molecule has 1 heterocycles. The molecule has 3 rings (SSSR count).